The number of rotatable bonds is 8. The van der Waals surface area contributed by atoms with Crippen LogP contribution < -0.4 is 16.4 Å². The van der Waals surface area contributed by atoms with E-state index in [4.69, 9.17) is 5.73 Å². The molecule has 0 saturated heterocycles. The zero-order valence-electron chi connectivity index (χ0n) is 8.40. The molecule has 0 fully saturated rings. The van der Waals surface area contributed by atoms with E-state index in [0.717, 1.165) is 26.1 Å². The molecule has 0 aromatic heterocycles. The monoisotopic (exact) mass is 173 g/mol. The van der Waals surface area contributed by atoms with Crippen molar-refractivity contribution in [2.24, 2.45) is 5.73 Å². The fraction of sp³-hybridized carbons (Fsp3) is 1.00. The predicted octanol–water partition coefficient (Wildman–Crippen LogP) is 0.661. The Labute approximate surface area is 76.1 Å². The average Bonchev–Trinajstić information content (AvgIpc) is 2.10. The van der Waals surface area contributed by atoms with Crippen molar-refractivity contribution in [1.82, 2.24) is 10.6 Å². The van der Waals surface area contributed by atoms with E-state index in [-0.39, 0.29) is 0 Å². The number of hydrogen-bond acceptors (Lipinski definition) is 3. The first-order chi connectivity index (χ1) is 5.85. The molecule has 0 spiro atoms. The summed E-state index contributed by atoms with van der Waals surface area (Å²) >= 11 is 0. The van der Waals surface area contributed by atoms with Crippen LogP contribution in [0.1, 0.15) is 33.1 Å². The van der Waals surface area contributed by atoms with Gasteiger partial charge in [0.05, 0.1) is 6.17 Å². The molecule has 3 nitrogen and oxygen atoms in total. The van der Waals surface area contributed by atoms with Crippen LogP contribution >= 0.6 is 0 Å². The Morgan fingerprint density at radius 2 is 1.58 bits per heavy atom. The van der Waals surface area contributed by atoms with Crippen molar-refractivity contribution in [3.05, 3.63) is 0 Å². The molecule has 12 heavy (non-hydrogen) atoms. The highest BCUT2D eigenvalue weighted by Crippen LogP contribution is 1.86. The summed E-state index contributed by atoms with van der Waals surface area (Å²) in [5.41, 5.74) is 5.49. The van der Waals surface area contributed by atoms with Crippen LogP contribution in [0.4, 0.5) is 0 Å². The van der Waals surface area contributed by atoms with E-state index in [1.807, 2.05) is 0 Å². The van der Waals surface area contributed by atoms with Gasteiger partial charge in [-0.15, -0.1) is 0 Å². The lowest BCUT2D eigenvalue weighted by atomic mass is 10.3. The summed E-state index contributed by atoms with van der Waals surface area (Å²) in [6.45, 7) is 7.24. The summed E-state index contributed by atoms with van der Waals surface area (Å²) in [4.78, 5) is 0. The van der Waals surface area contributed by atoms with Crippen LogP contribution in [0, 0.1) is 0 Å². The fourth-order valence-corrected chi connectivity index (χ4v) is 1.08. The van der Waals surface area contributed by atoms with Crippen molar-refractivity contribution < 1.29 is 0 Å². The minimum absolute atomic E-state index is 0.412. The molecular weight excluding hydrogens is 150 g/mol. The molecule has 0 aliphatic rings. The van der Waals surface area contributed by atoms with Crippen LogP contribution in [0.3, 0.4) is 0 Å². The molecule has 0 aliphatic heterocycles. The lowest BCUT2D eigenvalue weighted by Crippen LogP contribution is -2.44. The maximum Gasteiger partial charge on any atom is 0.0583 e. The van der Waals surface area contributed by atoms with Gasteiger partial charge in [-0.05, 0) is 38.9 Å². The van der Waals surface area contributed by atoms with Gasteiger partial charge in [0, 0.05) is 0 Å². The molecule has 74 valence electrons. The zero-order chi connectivity index (χ0) is 9.23. The minimum atomic E-state index is 0.412. The smallest absolute Gasteiger partial charge is 0.0583 e. The van der Waals surface area contributed by atoms with Crippen molar-refractivity contribution in [2.45, 2.75) is 39.3 Å². The van der Waals surface area contributed by atoms with Crippen LogP contribution in [-0.2, 0) is 0 Å². The summed E-state index contributed by atoms with van der Waals surface area (Å²) in [5.74, 6) is 0. The molecule has 0 aromatic carbocycles. The van der Waals surface area contributed by atoms with Gasteiger partial charge < -0.3 is 16.4 Å². The summed E-state index contributed by atoms with van der Waals surface area (Å²) < 4.78 is 0. The summed E-state index contributed by atoms with van der Waals surface area (Å²) in [6, 6.07) is 0. The Hall–Kier alpha value is -0.120. The van der Waals surface area contributed by atoms with Gasteiger partial charge in [0.25, 0.3) is 0 Å². The van der Waals surface area contributed by atoms with Gasteiger partial charge in [-0.3, -0.25) is 0 Å². The van der Waals surface area contributed by atoms with Crippen molar-refractivity contribution in [1.29, 1.82) is 0 Å². The second-order valence-electron chi connectivity index (χ2n) is 3.04. The summed E-state index contributed by atoms with van der Waals surface area (Å²) in [5, 5.41) is 6.83. The fourth-order valence-electron chi connectivity index (χ4n) is 1.08. The van der Waals surface area contributed by atoms with Crippen LogP contribution in [-0.4, -0.2) is 25.8 Å². The van der Waals surface area contributed by atoms with Crippen LogP contribution in [0.5, 0.6) is 0 Å². The number of nitrogens with two attached hydrogens (primary N) is 1. The Bertz CT molecular complexity index is 77.8. The molecule has 0 radical (unpaired) electrons. The van der Waals surface area contributed by atoms with Gasteiger partial charge in [0.1, 0.15) is 0 Å². The van der Waals surface area contributed by atoms with Gasteiger partial charge in [0.2, 0.25) is 0 Å². The topological polar surface area (TPSA) is 50.1 Å². The third kappa shape index (κ3) is 6.58. The number of hydrogen-bond donors (Lipinski definition) is 3. The highest BCUT2D eigenvalue weighted by Gasteiger charge is 2.02. The van der Waals surface area contributed by atoms with E-state index < -0.39 is 0 Å². The third-order valence-corrected chi connectivity index (χ3v) is 1.74. The quantitative estimate of drug-likeness (QED) is 0.473. The SMILES string of the molecule is CCCNC(CCN)NCCC. The van der Waals surface area contributed by atoms with Crippen molar-refractivity contribution in [3.63, 3.8) is 0 Å². The van der Waals surface area contributed by atoms with Crippen molar-refractivity contribution in [3.8, 4) is 0 Å². The highest BCUT2D eigenvalue weighted by atomic mass is 15.1. The molecule has 0 aromatic rings. The van der Waals surface area contributed by atoms with E-state index >= 15 is 0 Å². The first-order valence-corrected chi connectivity index (χ1v) is 5.02. The maximum absolute atomic E-state index is 5.49. The molecule has 0 unspecified atom stereocenters. The summed E-state index contributed by atoms with van der Waals surface area (Å²) in [7, 11) is 0. The molecule has 0 bridgehead atoms. The van der Waals surface area contributed by atoms with Crippen molar-refractivity contribution in [2.75, 3.05) is 19.6 Å². The Morgan fingerprint density at radius 3 is 1.92 bits per heavy atom. The van der Waals surface area contributed by atoms with E-state index in [0.29, 0.717) is 6.17 Å². The zero-order valence-corrected chi connectivity index (χ0v) is 8.40. The molecular formula is C9H23N3. The standard InChI is InChI=1S/C9H23N3/c1-3-7-11-9(5-6-10)12-8-4-2/h9,11-12H,3-8,10H2,1-2H3. The van der Waals surface area contributed by atoms with Gasteiger partial charge >= 0.3 is 0 Å². The Balaban J connectivity index is 3.40. The molecule has 0 atom stereocenters. The van der Waals surface area contributed by atoms with E-state index in [9.17, 15) is 0 Å². The first kappa shape index (κ1) is 11.9. The number of nitrogens with one attached hydrogen (secondary N) is 2. The van der Waals surface area contributed by atoms with Gasteiger partial charge in [0.15, 0.2) is 0 Å². The van der Waals surface area contributed by atoms with E-state index in [1.165, 1.54) is 12.8 Å². The van der Waals surface area contributed by atoms with Gasteiger partial charge in [-0.1, -0.05) is 13.8 Å². The third-order valence-electron chi connectivity index (χ3n) is 1.74. The maximum atomic E-state index is 5.49. The lowest BCUT2D eigenvalue weighted by Gasteiger charge is -2.18. The second-order valence-corrected chi connectivity index (χ2v) is 3.04. The highest BCUT2D eigenvalue weighted by molar-refractivity contribution is 4.63. The van der Waals surface area contributed by atoms with Crippen LogP contribution in [0.15, 0.2) is 0 Å². The molecule has 0 aliphatic carbocycles. The lowest BCUT2D eigenvalue weighted by molar-refractivity contribution is 0.406. The van der Waals surface area contributed by atoms with E-state index in [1.54, 1.807) is 0 Å². The molecule has 4 N–H and O–H groups in total. The molecule has 0 heterocycles. The van der Waals surface area contributed by atoms with E-state index in [2.05, 4.69) is 24.5 Å². The second kappa shape index (κ2) is 8.97. The Morgan fingerprint density at radius 1 is 1.08 bits per heavy atom. The van der Waals surface area contributed by atoms with Crippen LogP contribution in [0.25, 0.3) is 0 Å². The molecule has 3 heteroatoms. The normalized spacial score (nSPS) is 11.0. The van der Waals surface area contributed by atoms with Crippen LogP contribution in [0.2, 0.25) is 0 Å². The minimum Gasteiger partial charge on any atom is -0.330 e. The molecule has 0 rings (SSSR count). The summed E-state index contributed by atoms with van der Waals surface area (Å²) in [6.07, 6.45) is 3.78. The van der Waals surface area contributed by atoms with Gasteiger partial charge in [-0.25, -0.2) is 0 Å². The van der Waals surface area contributed by atoms with Gasteiger partial charge in [-0.2, -0.15) is 0 Å². The predicted molar refractivity (Wildman–Crippen MR) is 54.0 cm³/mol. The first-order valence-electron chi connectivity index (χ1n) is 5.02. The Kier molecular flexibility index (Phi) is 8.88. The largest absolute Gasteiger partial charge is 0.330 e. The molecule has 0 saturated carbocycles. The average molecular weight is 173 g/mol. The van der Waals surface area contributed by atoms with Crippen molar-refractivity contribution >= 4 is 0 Å². The molecule has 0 amide bonds.